The number of likely N-dealkylation sites (tertiary alicyclic amines) is 1. The Labute approximate surface area is 210 Å². The molecule has 0 aliphatic carbocycles. The van der Waals surface area contributed by atoms with Crippen molar-refractivity contribution in [1.82, 2.24) is 10.4 Å². The molecule has 9 heteroatoms. The number of hydrogen-bond donors (Lipinski definition) is 3. The van der Waals surface area contributed by atoms with Crippen LogP contribution in [0.2, 0.25) is 5.02 Å². The molecule has 0 saturated carbocycles. The molecule has 1 aromatic carbocycles. The smallest absolute Gasteiger partial charge is 0.342 e. The van der Waals surface area contributed by atoms with E-state index in [0.29, 0.717) is 31.6 Å². The zero-order valence-electron chi connectivity index (χ0n) is 19.6. The van der Waals surface area contributed by atoms with Crippen LogP contribution in [0, 0.1) is 0 Å². The van der Waals surface area contributed by atoms with E-state index in [0.717, 1.165) is 37.3 Å². The third kappa shape index (κ3) is 7.37. The number of fused-ring (bicyclic) bond motifs is 1. The monoisotopic (exact) mass is 502 g/mol. The number of nitrogens with one attached hydrogen (secondary N) is 1. The van der Waals surface area contributed by atoms with Crippen molar-refractivity contribution in [1.29, 1.82) is 0 Å². The number of amides is 1. The van der Waals surface area contributed by atoms with Crippen molar-refractivity contribution in [3.8, 4) is 11.5 Å². The van der Waals surface area contributed by atoms with Crippen LogP contribution >= 0.6 is 11.6 Å². The first-order valence-electron chi connectivity index (χ1n) is 11.7. The lowest BCUT2D eigenvalue weighted by molar-refractivity contribution is -0.139. The van der Waals surface area contributed by atoms with Gasteiger partial charge in [0.1, 0.15) is 17.1 Å². The van der Waals surface area contributed by atoms with Gasteiger partial charge in [0.05, 0.1) is 17.3 Å². The number of phenolic OH excluding ortho intramolecular Hbond substituents is 2. The van der Waals surface area contributed by atoms with Gasteiger partial charge in [0, 0.05) is 31.1 Å². The molecule has 0 atom stereocenters. The van der Waals surface area contributed by atoms with Gasteiger partial charge in [0.15, 0.2) is 6.61 Å². The van der Waals surface area contributed by atoms with Crippen LogP contribution < -0.4 is 5.48 Å². The number of phenols is 2. The summed E-state index contributed by atoms with van der Waals surface area (Å²) in [6.45, 7) is 5.13. The number of esters is 1. The minimum Gasteiger partial charge on any atom is -0.507 e. The third-order valence-corrected chi connectivity index (χ3v) is 6.18. The van der Waals surface area contributed by atoms with Gasteiger partial charge in [0.25, 0.3) is 5.91 Å². The molecular weight excluding hydrogens is 472 g/mol. The molecule has 1 saturated heterocycles. The van der Waals surface area contributed by atoms with Gasteiger partial charge in [-0.25, -0.2) is 4.79 Å². The molecule has 8 nitrogen and oxygen atoms in total. The third-order valence-electron chi connectivity index (χ3n) is 5.78. The van der Waals surface area contributed by atoms with Gasteiger partial charge in [-0.15, -0.1) is 0 Å². The van der Waals surface area contributed by atoms with E-state index in [1.807, 2.05) is 12.2 Å². The average Bonchev–Trinajstić information content (AvgIpc) is 2.85. The Hall–Kier alpha value is -3.23. The van der Waals surface area contributed by atoms with Crippen molar-refractivity contribution in [2.75, 3.05) is 26.3 Å². The first-order chi connectivity index (χ1) is 16.9. The van der Waals surface area contributed by atoms with Gasteiger partial charge in [-0.1, -0.05) is 36.4 Å². The van der Waals surface area contributed by atoms with Crippen LogP contribution in [0.4, 0.5) is 0 Å². The van der Waals surface area contributed by atoms with Crippen molar-refractivity contribution in [2.24, 2.45) is 0 Å². The van der Waals surface area contributed by atoms with Crippen LogP contribution in [-0.4, -0.2) is 53.3 Å². The summed E-state index contributed by atoms with van der Waals surface area (Å²) < 4.78 is 5.36. The highest BCUT2D eigenvalue weighted by Gasteiger charge is 2.23. The van der Waals surface area contributed by atoms with Crippen molar-refractivity contribution >= 4 is 29.6 Å². The Bertz CT molecular complexity index is 1040. The number of nitrogens with zero attached hydrogens (tertiary/aromatic N) is 1. The van der Waals surface area contributed by atoms with Crippen LogP contribution in [0.15, 0.2) is 48.2 Å². The molecule has 188 valence electrons. The average molecular weight is 503 g/mol. The number of aromatic hydroxyl groups is 2. The van der Waals surface area contributed by atoms with Crippen LogP contribution in [0.1, 0.15) is 54.4 Å². The number of rotatable bonds is 5. The number of benzene rings is 1. The molecule has 0 bridgehead atoms. The second kappa shape index (κ2) is 13.0. The van der Waals surface area contributed by atoms with E-state index in [-0.39, 0.29) is 35.3 Å². The van der Waals surface area contributed by atoms with Crippen LogP contribution in [0.25, 0.3) is 6.08 Å². The highest BCUT2D eigenvalue weighted by Crippen LogP contribution is 2.38. The van der Waals surface area contributed by atoms with E-state index in [9.17, 15) is 19.8 Å². The van der Waals surface area contributed by atoms with E-state index in [1.165, 1.54) is 6.08 Å². The lowest BCUT2D eigenvalue weighted by Crippen LogP contribution is -2.39. The van der Waals surface area contributed by atoms with E-state index >= 15 is 0 Å². The predicted molar refractivity (Wildman–Crippen MR) is 134 cm³/mol. The fraction of sp³-hybridized carbons (Fsp3) is 0.385. The lowest BCUT2D eigenvalue weighted by atomic mass is 10.0. The predicted octanol–water partition coefficient (Wildman–Crippen LogP) is 4.64. The minimum absolute atomic E-state index is 0.0591. The van der Waals surface area contributed by atoms with Crippen molar-refractivity contribution in [3.05, 3.63) is 64.4 Å². The SMILES string of the molecule is C=CC1=CCCC=C/C(NOCC(=O)N2CCCCC2)=C/c2c(Cl)c(O)cc(O)c2C(=O)OCC1. The Morgan fingerprint density at radius 3 is 2.74 bits per heavy atom. The molecule has 0 aromatic heterocycles. The number of ether oxygens (including phenoxy) is 1. The summed E-state index contributed by atoms with van der Waals surface area (Å²) in [5, 5.41) is 20.4. The summed E-state index contributed by atoms with van der Waals surface area (Å²) in [4.78, 5) is 32.5. The molecule has 0 spiro atoms. The molecule has 0 unspecified atom stereocenters. The molecular formula is C26H31ClN2O6. The maximum Gasteiger partial charge on any atom is 0.342 e. The van der Waals surface area contributed by atoms with Crippen LogP contribution in [-0.2, 0) is 14.4 Å². The first kappa shape index (κ1) is 26.4. The highest BCUT2D eigenvalue weighted by atomic mass is 35.5. The lowest BCUT2D eigenvalue weighted by Gasteiger charge is -2.26. The minimum atomic E-state index is -0.791. The number of piperidine rings is 1. The number of cyclic esters (lactones) is 1. The number of carbonyl (C=O) groups excluding carboxylic acids is 2. The summed E-state index contributed by atoms with van der Waals surface area (Å²) in [5.41, 5.74) is 3.90. The fourth-order valence-electron chi connectivity index (χ4n) is 3.88. The van der Waals surface area contributed by atoms with Crippen molar-refractivity contribution in [3.63, 3.8) is 0 Å². The molecule has 3 rings (SSSR count). The van der Waals surface area contributed by atoms with Crippen molar-refractivity contribution in [2.45, 2.75) is 38.5 Å². The van der Waals surface area contributed by atoms with Gasteiger partial charge in [-0.05, 0) is 49.8 Å². The Balaban J connectivity index is 1.89. The normalized spacial score (nSPS) is 18.9. The molecule has 1 aromatic rings. The standard InChI is InChI=1S/C26H31ClN2O6/c1-2-18-9-5-3-6-10-19(28-35-17-23(32)29-12-7-4-8-13-29)15-20-24(26(33)34-14-11-18)21(30)16-22(31)25(20)27/h2,6,9-10,15-16,28,30-31H,1,3-5,7-8,11-14,17H2/b10-6?,18-9?,19-15-. The van der Waals surface area contributed by atoms with E-state index < -0.39 is 17.5 Å². The molecule has 2 aliphatic rings. The quantitative estimate of drug-likeness (QED) is 0.397. The summed E-state index contributed by atoms with van der Waals surface area (Å²) in [5.74, 6) is -1.78. The summed E-state index contributed by atoms with van der Waals surface area (Å²) in [6, 6.07) is 0.991. The van der Waals surface area contributed by atoms with Crippen molar-refractivity contribution < 1.29 is 29.4 Å². The number of allylic oxidation sites excluding steroid dienone is 4. The first-order valence-corrected chi connectivity index (χ1v) is 12.0. The van der Waals surface area contributed by atoms with Gasteiger partial charge in [-0.2, -0.15) is 0 Å². The molecule has 35 heavy (non-hydrogen) atoms. The molecule has 3 N–H and O–H groups in total. The number of carbonyl (C=O) groups is 2. The van der Waals surface area contributed by atoms with E-state index in [2.05, 4.69) is 12.1 Å². The van der Waals surface area contributed by atoms with E-state index in [4.69, 9.17) is 21.2 Å². The Morgan fingerprint density at radius 2 is 2.00 bits per heavy atom. The van der Waals surface area contributed by atoms with Crippen LogP contribution in [0.5, 0.6) is 11.5 Å². The maximum atomic E-state index is 12.8. The van der Waals surface area contributed by atoms with Gasteiger partial charge in [0.2, 0.25) is 0 Å². The molecule has 0 radical (unpaired) electrons. The molecule has 2 aliphatic heterocycles. The molecule has 1 fully saturated rings. The number of halogens is 1. The summed E-state index contributed by atoms with van der Waals surface area (Å²) in [6.07, 6.45) is 13.8. The second-order valence-corrected chi connectivity index (χ2v) is 8.68. The molecule has 2 heterocycles. The topological polar surface area (TPSA) is 108 Å². The second-order valence-electron chi connectivity index (χ2n) is 8.30. The van der Waals surface area contributed by atoms with E-state index in [1.54, 1.807) is 17.1 Å². The zero-order chi connectivity index (χ0) is 25.2. The Kier molecular flexibility index (Phi) is 9.81. The van der Waals surface area contributed by atoms with Gasteiger partial charge >= 0.3 is 5.97 Å². The number of hydrogen-bond acceptors (Lipinski definition) is 7. The fourth-order valence-corrected chi connectivity index (χ4v) is 4.08. The maximum absolute atomic E-state index is 12.8. The highest BCUT2D eigenvalue weighted by molar-refractivity contribution is 6.34. The van der Waals surface area contributed by atoms with Gasteiger partial charge in [-0.3, -0.25) is 15.1 Å². The van der Waals surface area contributed by atoms with Crippen LogP contribution in [0.3, 0.4) is 0 Å². The summed E-state index contributed by atoms with van der Waals surface area (Å²) >= 11 is 6.31. The zero-order valence-corrected chi connectivity index (χ0v) is 20.4. The number of hydroxylamine groups is 1. The van der Waals surface area contributed by atoms with Gasteiger partial charge < -0.3 is 19.8 Å². The Morgan fingerprint density at radius 1 is 1.23 bits per heavy atom. The molecule has 1 amide bonds. The summed E-state index contributed by atoms with van der Waals surface area (Å²) in [7, 11) is 0. The largest absolute Gasteiger partial charge is 0.507 e.